The number of hydrogen-bond acceptors (Lipinski definition) is 3. The molecular formula is C17H27N3O2S. The summed E-state index contributed by atoms with van der Waals surface area (Å²) >= 11 is 0. The van der Waals surface area contributed by atoms with E-state index in [9.17, 15) is 9.00 Å². The van der Waals surface area contributed by atoms with Crippen LogP contribution < -0.4 is 5.32 Å². The van der Waals surface area contributed by atoms with Gasteiger partial charge in [-0.3, -0.25) is 9.19 Å². The molecule has 5 nitrogen and oxygen atoms in total. The molecule has 23 heavy (non-hydrogen) atoms. The third kappa shape index (κ3) is 5.30. The molecule has 2 amide bonds. The number of carbonyl (C=O) groups excluding carboxylic acids is 1. The Hall–Kier alpha value is -1.43. The van der Waals surface area contributed by atoms with Gasteiger partial charge in [0.15, 0.2) is 0 Å². The second kappa shape index (κ2) is 7.90. The molecule has 0 spiro atoms. The summed E-state index contributed by atoms with van der Waals surface area (Å²) in [6.45, 7) is 7.85. The minimum absolute atomic E-state index is 0.0379. The summed E-state index contributed by atoms with van der Waals surface area (Å²) in [5, 5.41) is 2.89. The summed E-state index contributed by atoms with van der Waals surface area (Å²) in [5.41, 5.74) is 1.31. The number of rotatable bonds is 4. The van der Waals surface area contributed by atoms with Gasteiger partial charge < -0.3 is 10.2 Å². The van der Waals surface area contributed by atoms with Crippen molar-refractivity contribution in [3.63, 3.8) is 0 Å². The highest BCUT2D eigenvalue weighted by Gasteiger charge is 2.24. The first-order chi connectivity index (χ1) is 10.9. The maximum absolute atomic E-state index is 12.2. The van der Waals surface area contributed by atoms with E-state index in [2.05, 4.69) is 22.4 Å². The molecule has 2 heterocycles. The molecule has 1 aromatic rings. The van der Waals surface area contributed by atoms with Gasteiger partial charge in [0.2, 0.25) is 0 Å². The van der Waals surface area contributed by atoms with E-state index < -0.39 is 10.8 Å². The van der Waals surface area contributed by atoms with E-state index in [1.807, 2.05) is 38.1 Å². The van der Waals surface area contributed by atoms with Crippen molar-refractivity contribution in [1.82, 2.24) is 15.2 Å². The lowest BCUT2D eigenvalue weighted by atomic mass is 9.90. The molecule has 0 saturated carbocycles. The number of pyridine rings is 1. The topological polar surface area (TPSA) is 62.3 Å². The van der Waals surface area contributed by atoms with E-state index in [0.717, 1.165) is 25.9 Å². The molecule has 2 rings (SSSR count). The second-order valence-electron chi connectivity index (χ2n) is 6.94. The predicted molar refractivity (Wildman–Crippen MR) is 93.9 cm³/mol. The lowest BCUT2D eigenvalue weighted by Crippen LogP contribution is -2.45. The van der Waals surface area contributed by atoms with Crippen molar-refractivity contribution >= 4 is 16.8 Å². The van der Waals surface area contributed by atoms with Crippen LogP contribution >= 0.6 is 0 Å². The molecular weight excluding hydrogens is 310 g/mol. The van der Waals surface area contributed by atoms with Gasteiger partial charge in [0.25, 0.3) is 0 Å². The maximum atomic E-state index is 12.2. The van der Waals surface area contributed by atoms with E-state index in [-0.39, 0.29) is 10.8 Å². The lowest BCUT2D eigenvalue weighted by Gasteiger charge is -2.32. The monoisotopic (exact) mass is 337 g/mol. The van der Waals surface area contributed by atoms with Crippen LogP contribution in [0.15, 0.2) is 24.5 Å². The summed E-state index contributed by atoms with van der Waals surface area (Å²) in [6.07, 6.45) is 5.60. The minimum Gasteiger partial charge on any atom is -0.337 e. The van der Waals surface area contributed by atoms with Gasteiger partial charge in [-0.2, -0.15) is 0 Å². The number of carbonyl (C=O) groups is 1. The second-order valence-corrected chi connectivity index (χ2v) is 9.26. The number of urea groups is 1. The van der Waals surface area contributed by atoms with Crippen molar-refractivity contribution < 1.29 is 9.00 Å². The van der Waals surface area contributed by atoms with Crippen LogP contribution in [0.4, 0.5) is 4.79 Å². The summed E-state index contributed by atoms with van der Waals surface area (Å²) < 4.78 is 11.7. The molecule has 1 saturated heterocycles. The first-order valence-electron chi connectivity index (χ1n) is 8.19. The Morgan fingerprint density at radius 3 is 2.48 bits per heavy atom. The van der Waals surface area contributed by atoms with Gasteiger partial charge in [0, 0.05) is 53.3 Å². The van der Waals surface area contributed by atoms with E-state index in [1.54, 1.807) is 0 Å². The van der Waals surface area contributed by atoms with E-state index in [0.29, 0.717) is 18.2 Å². The van der Waals surface area contributed by atoms with E-state index in [4.69, 9.17) is 0 Å². The van der Waals surface area contributed by atoms with Crippen LogP contribution in [-0.2, 0) is 10.8 Å². The zero-order valence-electron chi connectivity index (χ0n) is 14.2. The Labute approximate surface area is 141 Å². The molecule has 6 heteroatoms. The molecule has 0 unspecified atom stereocenters. The molecule has 0 radical (unpaired) electrons. The van der Waals surface area contributed by atoms with Gasteiger partial charge in [-0.1, -0.05) is 0 Å². The largest absolute Gasteiger partial charge is 0.337 e. The standard InChI is InChI=1S/C17H27N3O2S/c1-17(2,3)23(22)13-10-19-16(21)20-11-6-15(7-12-20)14-4-8-18-9-5-14/h4-5,8-9,15H,6-7,10-13H2,1-3H3,(H,19,21)/t23-/m0/s1. The summed E-state index contributed by atoms with van der Waals surface area (Å²) in [7, 11) is -0.928. The van der Waals surface area contributed by atoms with Crippen molar-refractivity contribution in [3.8, 4) is 0 Å². The first kappa shape index (κ1) is 17.9. The molecule has 1 aliphatic rings. The molecule has 1 atom stereocenters. The van der Waals surface area contributed by atoms with E-state index in [1.165, 1.54) is 5.56 Å². The Kier molecular flexibility index (Phi) is 6.16. The minimum atomic E-state index is -0.928. The SMILES string of the molecule is CC(C)(C)[S@@](=O)CCNC(=O)N1CCC(c2ccncc2)CC1. The van der Waals surface area contributed by atoms with E-state index >= 15 is 0 Å². The highest BCUT2D eigenvalue weighted by atomic mass is 32.2. The van der Waals surface area contributed by atoms with Crippen molar-refractivity contribution in [3.05, 3.63) is 30.1 Å². The molecule has 1 fully saturated rings. The fourth-order valence-corrected chi connectivity index (χ4v) is 3.62. The van der Waals surface area contributed by atoms with Crippen molar-refractivity contribution in [2.24, 2.45) is 0 Å². The fraction of sp³-hybridized carbons (Fsp3) is 0.647. The normalized spacial score (nSPS) is 17.8. The van der Waals surface area contributed by atoms with Gasteiger partial charge in [-0.15, -0.1) is 0 Å². The molecule has 1 N–H and O–H groups in total. The lowest BCUT2D eigenvalue weighted by molar-refractivity contribution is 0.182. The molecule has 0 aromatic carbocycles. The third-order valence-electron chi connectivity index (χ3n) is 4.21. The molecule has 128 valence electrons. The number of nitrogens with one attached hydrogen (secondary N) is 1. The van der Waals surface area contributed by atoms with Crippen LogP contribution in [0, 0.1) is 0 Å². The Morgan fingerprint density at radius 1 is 1.30 bits per heavy atom. The number of aromatic nitrogens is 1. The van der Waals surface area contributed by atoms with Gasteiger partial charge in [-0.25, -0.2) is 4.79 Å². The summed E-state index contributed by atoms with van der Waals surface area (Å²) in [6, 6.07) is 4.08. The fourth-order valence-electron chi connectivity index (χ4n) is 2.72. The summed E-state index contributed by atoms with van der Waals surface area (Å²) in [4.78, 5) is 18.1. The van der Waals surface area contributed by atoms with Crippen LogP contribution in [0.25, 0.3) is 0 Å². The quantitative estimate of drug-likeness (QED) is 0.918. The Balaban J connectivity index is 1.73. The van der Waals surface area contributed by atoms with Crippen molar-refractivity contribution in [1.29, 1.82) is 0 Å². The average Bonchev–Trinajstić information content (AvgIpc) is 2.54. The average molecular weight is 337 g/mol. The van der Waals surface area contributed by atoms with Gasteiger partial charge in [-0.05, 0) is 57.2 Å². The molecule has 0 bridgehead atoms. The summed E-state index contributed by atoms with van der Waals surface area (Å²) in [5.74, 6) is 1.01. The smallest absolute Gasteiger partial charge is 0.317 e. The third-order valence-corrected chi connectivity index (χ3v) is 6.15. The molecule has 1 aliphatic heterocycles. The van der Waals surface area contributed by atoms with Gasteiger partial charge >= 0.3 is 6.03 Å². The maximum Gasteiger partial charge on any atom is 0.317 e. The number of nitrogens with zero attached hydrogens (tertiary/aromatic N) is 2. The van der Waals surface area contributed by atoms with Gasteiger partial charge in [0.1, 0.15) is 0 Å². The number of amides is 2. The number of hydrogen-bond donors (Lipinski definition) is 1. The first-order valence-corrected chi connectivity index (χ1v) is 9.51. The van der Waals surface area contributed by atoms with Crippen LogP contribution in [-0.4, -0.2) is 50.3 Å². The molecule has 1 aromatic heterocycles. The molecule has 0 aliphatic carbocycles. The predicted octanol–water partition coefficient (Wildman–Crippen LogP) is 2.52. The van der Waals surface area contributed by atoms with Crippen LogP contribution in [0.1, 0.15) is 45.1 Å². The zero-order chi connectivity index (χ0) is 16.9. The number of likely N-dealkylation sites (tertiary alicyclic amines) is 1. The van der Waals surface area contributed by atoms with Crippen LogP contribution in [0.5, 0.6) is 0 Å². The highest BCUT2D eigenvalue weighted by Crippen LogP contribution is 2.27. The number of piperidine rings is 1. The highest BCUT2D eigenvalue weighted by molar-refractivity contribution is 7.86. The van der Waals surface area contributed by atoms with Crippen molar-refractivity contribution in [2.45, 2.75) is 44.3 Å². The van der Waals surface area contributed by atoms with Crippen LogP contribution in [0.2, 0.25) is 0 Å². The Morgan fingerprint density at radius 2 is 1.91 bits per heavy atom. The van der Waals surface area contributed by atoms with Crippen LogP contribution in [0.3, 0.4) is 0 Å². The van der Waals surface area contributed by atoms with Crippen molar-refractivity contribution in [2.75, 3.05) is 25.4 Å². The van der Waals surface area contributed by atoms with Gasteiger partial charge in [0.05, 0.1) is 0 Å². The zero-order valence-corrected chi connectivity index (χ0v) is 15.1. The Bertz CT molecular complexity index is 535.